The maximum Gasteiger partial charge on any atom is 0.261 e. The fourth-order valence-corrected chi connectivity index (χ4v) is 2.44. The lowest BCUT2D eigenvalue weighted by molar-refractivity contribution is 0.242. The Hall–Kier alpha value is -2.62. The predicted octanol–water partition coefficient (Wildman–Crippen LogP) is 3.39. The summed E-state index contributed by atoms with van der Waals surface area (Å²) in [5.41, 5.74) is 1.51. The lowest BCUT2D eigenvalue weighted by Crippen LogP contribution is -2.20. The Bertz CT molecular complexity index is 867. The van der Waals surface area contributed by atoms with Gasteiger partial charge in [0.15, 0.2) is 0 Å². The molecule has 3 aromatic rings. The number of benzene rings is 2. The van der Waals surface area contributed by atoms with E-state index in [-0.39, 0.29) is 11.7 Å². The van der Waals surface area contributed by atoms with Crippen molar-refractivity contribution >= 4 is 10.9 Å². The maximum atomic E-state index is 12.5. The lowest BCUT2D eigenvalue weighted by Gasteiger charge is -2.12. The fourth-order valence-electron chi connectivity index (χ4n) is 2.44. The minimum absolute atomic E-state index is 0.0556. The third kappa shape index (κ3) is 2.60. The summed E-state index contributed by atoms with van der Waals surface area (Å²) in [5.74, 6) is 1.38. The quantitative estimate of drug-likeness (QED) is 0.743. The van der Waals surface area contributed by atoms with Crippen molar-refractivity contribution in [2.45, 2.75) is 20.0 Å². The molecule has 0 unspecified atom stereocenters. The van der Waals surface area contributed by atoms with Crippen molar-refractivity contribution < 1.29 is 4.74 Å². The van der Waals surface area contributed by atoms with Crippen LogP contribution in [0.15, 0.2) is 53.3 Å². The molecule has 3 rings (SSSR count). The summed E-state index contributed by atoms with van der Waals surface area (Å²) in [6.45, 7) is 3.94. The largest absolute Gasteiger partial charge is 0.491 e. The molecule has 0 amide bonds. The molecule has 0 aliphatic carbocycles. The molecule has 0 bridgehead atoms. The summed E-state index contributed by atoms with van der Waals surface area (Å²) in [6, 6.07) is 15.1. The zero-order chi connectivity index (χ0) is 15.7. The van der Waals surface area contributed by atoms with Crippen molar-refractivity contribution in [2.24, 2.45) is 7.05 Å². The van der Waals surface area contributed by atoms with Gasteiger partial charge in [0.05, 0.1) is 17.0 Å². The van der Waals surface area contributed by atoms with E-state index in [1.54, 1.807) is 17.7 Å². The first-order chi connectivity index (χ1) is 10.6. The third-order valence-corrected chi connectivity index (χ3v) is 3.45. The Balaban J connectivity index is 2.22. The summed E-state index contributed by atoms with van der Waals surface area (Å²) < 4.78 is 7.27. The van der Waals surface area contributed by atoms with Gasteiger partial charge in [-0.2, -0.15) is 0 Å². The van der Waals surface area contributed by atoms with E-state index < -0.39 is 0 Å². The van der Waals surface area contributed by atoms with Gasteiger partial charge in [0.25, 0.3) is 5.56 Å². The average molecular weight is 294 g/mol. The van der Waals surface area contributed by atoms with Crippen molar-refractivity contribution in [3.8, 4) is 17.1 Å². The number of hydrogen-bond acceptors (Lipinski definition) is 3. The summed E-state index contributed by atoms with van der Waals surface area (Å²) in [6.07, 6.45) is 0.0811. The van der Waals surface area contributed by atoms with Crippen molar-refractivity contribution in [1.29, 1.82) is 0 Å². The first-order valence-corrected chi connectivity index (χ1v) is 7.29. The smallest absolute Gasteiger partial charge is 0.261 e. The highest BCUT2D eigenvalue weighted by Gasteiger charge is 2.11. The van der Waals surface area contributed by atoms with Crippen molar-refractivity contribution in [3.63, 3.8) is 0 Å². The Morgan fingerprint density at radius 3 is 2.50 bits per heavy atom. The van der Waals surface area contributed by atoms with E-state index in [1.165, 1.54) is 0 Å². The van der Waals surface area contributed by atoms with Crippen LogP contribution >= 0.6 is 0 Å². The number of nitrogens with zero attached hydrogens (tertiary/aromatic N) is 2. The molecule has 0 aliphatic heterocycles. The van der Waals surface area contributed by atoms with Gasteiger partial charge in [-0.25, -0.2) is 4.98 Å². The molecule has 0 saturated carbocycles. The van der Waals surface area contributed by atoms with Crippen LogP contribution in [0.4, 0.5) is 0 Å². The molecule has 2 aromatic carbocycles. The number of ether oxygens (including phenoxy) is 1. The molecule has 112 valence electrons. The maximum absolute atomic E-state index is 12.5. The molecule has 1 heterocycles. The van der Waals surface area contributed by atoms with Crippen LogP contribution in [0.1, 0.15) is 13.8 Å². The normalized spacial score (nSPS) is 11.1. The van der Waals surface area contributed by atoms with Gasteiger partial charge in [0.1, 0.15) is 11.6 Å². The van der Waals surface area contributed by atoms with Crippen LogP contribution in [0.3, 0.4) is 0 Å². The lowest BCUT2D eigenvalue weighted by atomic mass is 10.2. The predicted molar refractivity (Wildman–Crippen MR) is 88.2 cm³/mol. The van der Waals surface area contributed by atoms with Crippen LogP contribution in [0.25, 0.3) is 22.3 Å². The molecule has 0 spiro atoms. The highest BCUT2D eigenvalue weighted by atomic mass is 16.5. The molecule has 0 saturated heterocycles. The minimum Gasteiger partial charge on any atom is -0.491 e. The monoisotopic (exact) mass is 294 g/mol. The molecule has 22 heavy (non-hydrogen) atoms. The number of rotatable bonds is 3. The second-order valence-electron chi connectivity index (χ2n) is 5.51. The zero-order valence-electron chi connectivity index (χ0n) is 12.9. The van der Waals surface area contributed by atoms with E-state index in [9.17, 15) is 4.79 Å². The highest BCUT2D eigenvalue weighted by molar-refractivity contribution is 5.81. The standard InChI is InChI=1S/C18H18N2O2/c1-12(2)22-14-9-10-15-16(11-14)19-17(20(3)18(15)21)13-7-5-4-6-8-13/h4-12H,1-3H3. The molecule has 0 fully saturated rings. The van der Waals surface area contributed by atoms with E-state index in [0.717, 1.165) is 11.3 Å². The Labute approximate surface area is 129 Å². The van der Waals surface area contributed by atoms with Gasteiger partial charge in [-0.15, -0.1) is 0 Å². The van der Waals surface area contributed by atoms with Crippen molar-refractivity contribution in [1.82, 2.24) is 9.55 Å². The number of aromatic nitrogens is 2. The van der Waals surface area contributed by atoms with Crippen LogP contribution in [0.5, 0.6) is 5.75 Å². The summed E-state index contributed by atoms with van der Waals surface area (Å²) in [4.78, 5) is 17.2. The second-order valence-corrected chi connectivity index (χ2v) is 5.51. The van der Waals surface area contributed by atoms with E-state index in [1.807, 2.05) is 56.3 Å². The molecule has 0 radical (unpaired) electrons. The molecule has 0 atom stereocenters. The molecular weight excluding hydrogens is 276 g/mol. The van der Waals surface area contributed by atoms with E-state index in [2.05, 4.69) is 4.98 Å². The first kappa shape index (κ1) is 14.3. The first-order valence-electron chi connectivity index (χ1n) is 7.29. The highest BCUT2D eigenvalue weighted by Crippen LogP contribution is 2.22. The van der Waals surface area contributed by atoms with E-state index >= 15 is 0 Å². The van der Waals surface area contributed by atoms with Crippen molar-refractivity contribution in [3.05, 3.63) is 58.9 Å². The molecular formula is C18H18N2O2. The van der Waals surface area contributed by atoms with Crippen LogP contribution < -0.4 is 10.3 Å². The van der Waals surface area contributed by atoms with Gasteiger partial charge in [0, 0.05) is 18.7 Å². The molecule has 0 aliphatic rings. The average Bonchev–Trinajstić information content (AvgIpc) is 2.51. The van der Waals surface area contributed by atoms with E-state index in [4.69, 9.17) is 4.74 Å². The van der Waals surface area contributed by atoms with Gasteiger partial charge >= 0.3 is 0 Å². The van der Waals surface area contributed by atoms with Crippen LogP contribution in [0, 0.1) is 0 Å². The third-order valence-electron chi connectivity index (χ3n) is 3.45. The van der Waals surface area contributed by atoms with Crippen LogP contribution in [-0.2, 0) is 7.05 Å². The summed E-state index contributed by atoms with van der Waals surface area (Å²) in [5, 5.41) is 0.596. The Morgan fingerprint density at radius 1 is 1.09 bits per heavy atom. The Kier molecular flexibility index (Phi) is 3.67. The van der Waals surface area contributed by atoms with E-state index in [0.29, 0.717) is 16.7 Å². The van der Waals surface area contributed by atoms with Crippen LogP contribution in [-0.4, -0.2) is 15.7 Å². The fraction of sp³-hybridized carbons (Fsp3) is 0.222. The molecule has 4 nitrogen and oxygen atoms in total. The molecule has 0 N–H and O–H groups in total. The Morgan fingerprint density at radius 2 is 1.82 bits per heavy atom. The van der Waals surface area contributed by atoms with Gasteiger partial charge < -0.3 is 4.74 Å². The van der Waals surface area contributed by atoms with Gasteiger partial charge in [-0.05, 0) is 26.0 Å². The summed E-state index contributed by atoms with van der Waals surface area (Å²) in [7, 11) is 1.75. The van der Waals surface area contributed by atoms with Gasteiger partial charge in [-0.3, -0.25) is 9.36 Å². The molecule has 1 aromatic heterocycles. The summed E-state index contributed by atoms with van der Waals surface area (Å²) >= 11 is 0. The second kappa shape index (κ2) is 5.64. The topological polar surface area (TPSA) is 44.1 Å². The van der Waals surface area contributed by atoms with Gasteiger partial charge in [-0.1, -0.05) is 30.3 Å². The SMILES string of the molecule is CC(C)Oc1ccc2c(=O)n(C)c(-c3ccccc3)nc2c1. The van der Waals surface area contributed by atoms with Crippen molar-refractivity contribution in [2.75, 3.05) is 0 Å². The zero-order valence-corrected chi connectivity index (χ0v) is 12.9. The van der Waals surface area contributed by atoms with Gasteiger partial charge in [0.2, 0.25) is 0 Å². The number of hydrogen-bond donors (Lipinski definition) is 0. The number of fused-ring (bicyclic) bond motifs is 1. The minimum atomic E-state index is -0.0556. The molecule has 4 heteroatoms. The van der Waals surface area contributed by atoms with Crippen LogP contribution in [0.2, 0.25) is 0 Å².